The summed E-state index contributed by atoms with van der Waals surface area (Å²) in [5.74, 6) is 1.27. The maximum Gasteiger partial charge on any atom is 0.103 e. The fourth-order valence-electron chi connectivity index (χ4n) is 1.91. The van der Waals surface area contributed by atoms with Crippen LogP contribution in [0.3, 0.4) is 0 Å². The summed E-state index contributed by atoms with van der Waals surface area (Å²) >= 11 is 0. The Labute approximate surface area is 91.4 Å². The molecule has 1 fully saturated rings. The molecule has 0 heterocycles. The third-order valence-electron chi connectivity index (χ3n) is 2.92. The monoisotopic (exact) mass is 202 g/mol. The van der Waals surface area contributed by atoms with Gasteiger partial charge in [-0.2, -0.15) is 0 Å². The van der Waals surface area contributed by atoms with Gasteiger partial charge in [0.1, 0.15) is 5.84 Å². The lowest BCUT2D eigenvalue weighted by Gasteiger charge is -2.21. The van der Waals surface area contributed by atoms with E-state index >= 15 is 0 Å². The molecule has 0 aromatic heterocycles. The first-order valence-corrected chi connectivity index (χ1v) is 5.48. The number of nitrogens with zero attached hydrogens (tertiary/aromatic N) is 1. The molecule has 2 rings (SSSR count). The van der Waals surface area contributed by atoms with Crippen molar-refractivity contribution >= 4 is 11.5 Å². The van der Waals surface area contributed by atoms with Crippen LogP contribution in [0.1, 0.15) is 24.0 Å². The van der Waals surface area contributed by atoms with Gasteiger partial charge in [0.05, 0.1) is 0 Å². The SMILES string of the molecule is Cc1cc(C)cc(N(C)C(=N)C2CC2)c1. The average Bonchev–Trinajstić information content (AvgIpc) is 2.97. The second-order valence-electron chi connectivity index (χ2n) is 4.56. The molecule has 0 atom stereocenters. The summed E-state index contributed by atoms with van der Waals surface area (Å²) in [4.78, 5) is 2.01. The molecule has 1 aliphatic carbocycles. The molecule has 2 heteroatoms. The maximum absolute atomic E-state index is 8.02. The zero-order valence-corrected chi connectivity index (χ0v) is 9.67. The van der Waals surface area contributed by atoms with Gasteiger partial charge in [0.15, 0.2) is 0 Å². The van der Waals surface area contributed by atoms with Gasteiger partial charge >= 0.3 is 0 Å². The van der Waals surface area contributed by atoms with Crippen LogP contribution >= 0.6 is 0 Å². The standard InChI is InChI=1S/C13H18N2/c1-9-6-10(2)8-12(7-9)15(3)13(14)11-4-5-11/h6-8,11,14H,4-5H2,1-3H3. The predicted octanol–water partition coefficient (Wildman–Crippen LogP) is 3.13. The molecule has 0 unspecified atom stereocenters. The van der Waals surface area contributed by atoms with Crippen molar-refractivity contribution < 1.29 is 0 Å². The van der Waals surface area contributed by atoms with Gasteiger partial charge in [0.2, 0.25) is 0 Å². The van der Waals surface area contributed by atoms with Crippen LogP contribution in [0.5, 0.6) is 0 Å². The number of hydrogen-bond donors (Lipinski definition) is 1. The van der Waals surface area contributed by atoms with E-state index in [0.29, 0.717) is 5.92 Å². The third kappa shape index (κ3) is 2.20. The highest BCUT2D eigenvalue weighted by Crippen LogP contribution is 2.32. The fraction of sp³-hybridized carbons (Fsp3) is 0.462. The minimum atomic E-state index is 0.510. The van der Waals surface area contributed by atoms with E-state index in [0.717, 1.165) is 11.5 Å². The van der Waals surface area contributed by atoms with Crippen LogP contribution in [-0.2, 0) is 0 Å². The first-order valence-electron chi connectivity index (χ1n) is 5.48. The van der Waals surface area contributed by atoms with Gasteiger partial charge in [-0.3, -0.25) is 5.41 Å². The molecule has 0 aliphatic heterocycles. The van der Waals surface area contributed by atoms with E-state index in [9.17, 15) is 0 Å². The Hall–Kier alpha value is -1.31. The summed E-state index contributed by atoms with van der Waals surface area (Å²) < 4.78 is 0. The number of nitrogens with one attached hydrogen (secondary N) is 1. The number of rotatable bonds is 2. The van der Waals surface area contributed by atoms with Crippen LogP contribution < -0.4 is 4.90 Å². The van der Waals surface area contributed by atoms with Crippen molar-refractivity contribution in [2.24, 2.45) is 5.92 Å². The van der Waals surface area contributed by atoms with Crippen LogP contribution in [-0.4, -0.2) is 12.9 Å². The lowest BCUT2D eigenvalue weighted by Crippen LogP contribution is -2.27. The average molecular weight is 202 g/mol. The van der Waals surface area contributed by atoms with Crippen LogP contribution in [0.2, 0.25) is 0 Å². The Bertz CT molecular complexity index is 371. The maximum atomic E-state index is 8.02. The highest BCUT2D eigenvalue weighted by molar-refractivity contribution is 5.98. The van der Waals surface area contributed by atoms with E-state index in [1.807, 2.05) is 11.9 Å². The van der Waals surface area contributed by atoms with Crippen molar-refractivity contribution in [2.75, 3.05) is 11.9 Å². The molecule has 1 aromatic rings. The Balaban J connectivity index is 2.23. The van der Waals surface area contributed by atoms with Gasteiger partial charge in [-0.05, 0) is 49.9 Å². The van der Waals surface area contributed by atoms with Gasteiger partial charge in [-0.15, -0.1) is 0 Å². The van der Waals surface area contributed by atoms with E-state index in [4.69, 9.17) is 5.41 Å². The van der Waals surface area contributed by atoms with Crippen molar-refractivity contribution in [1.29, 1.82) is 5.41 Å². The number of anilines is 1. The zero-order valence-electron chi connectivity index (χ0n) is 9.67. The van der Waals surface area contributed by atoms with Crippen LogP contribution in [0.15, 0.2) is 18.2 Å². The van der Waals surface area contributed by atoms with Crippen molar-refractivity contribution in [2.45, 2.75) is 26.7 Å². The molecule has 0 radical (unpaired) electrons. The lowest BCUT2D eigenvalue weighted by atomic mass is 10.1. The minimum Gasteiger partial charge on any atom is -0.333 e. The third-order valence-corrected chi connectivity index (χ3v) is 2.92. The molecular weight excluding hydrogens is 184 g/mol. The van der Waals surface area contributed by atoms with Crippen LogP contribution in [0, 0.1) is 25.2 Å². The largest absolute Gasteiger partial charge is 0.333 e. The molecule has 0 saturated heterocycles. The van der Waals surface area contributed by atoms with Gasteiger partial charge in [-0.1, -0.05) is 6.07 Å². The Morgan fingerprint density at radius 3 is 2.20 bits per heavy atom. The quantitative estimate of drug-likeness (QED) is 0.579. The molecule has 1 aromatic carbocycles. The summed E-state index contributed by atoms with van der Waals surface area (Å²) in [5.41, 5.74) is 3.67. The summed E-state index contributed by atoms with van der Waals surface area (Å²) in [6.07, 6.45) is 2.38. The minimum absolute atomic E-state index is 0.510. The first kappa shape index (κ1) is 10.2. The second-order valence-corrected chi connectivity index (χ2v) is 4.56. The van der Waals surface area contributed by atoms with Crippen LogP contribution in [0.25, 0.3) is 0 Å². The predicted molar refractivity (Wildman–Crippen MR) is 64.8 cm³/mol. The Morgan fingerprint density at radius 2 is 1.73 bits per heavy atom. The molecule has 1 N–H and O–H groups in total. The van der Waals surface area contributed by atoms with E-state index < -0.39 is 0 Å². The molecule has 15 heavy (non-hydrogen) atoms. The van der Waals surface area contributed by atoms with Gasteiger partial charge in [-0.25, -0.2) is 0 Å². The summed E-state index contributed by atoms with van der Waals surface area (Å²) in [6.45, 7) is 4.20. The molecular formula is C13H18N2. The summed E-state index contributed by atoms with van der Waals surface area (Å²) in [6, 6.07) is 6.45. The number of hydrogen-bond acceptors (Lipinski definition) is 1. The number of benzene rings is 1. The smallest absolute Gasteiger partial charge is 0.103 e. The van der Waals surface area contributed by atoms with Gasteiger partial charge < -0.3 is 4.90 Å². The summed E-state index contributed by atoms with van der Waals surface area (Å²) in [7, 11) is 1.99. The second kappa shape index (κ2) is 3.69. The number of amidine groups is 1. The first-order chi connectivity index (χ1) is 7.08. The Morgan fingerprint density at radius 1 is 1.20 bits per heavy atom. The molecule has 0 spiro atoms. The van der Waals surface area contributed by atoms with E-state index in [2.05, 4.69) is 32.0 Å². The van der Waals surface area contributed by atoms with Crippen molar-refractivity contribution in [3.05, 3.63) is 29.3 Å². The molecule has 2 nitrogen and oxygen atoms in total. The van der Waals surface area contributed by atoms with E-state index in [1.165, 1.54) is 24.0 Å². The molecule has 0 amide bonds. The van der Waals surface area contributed by atoms with Gasteiger partial charge in [0.25, 0.3) is 0 Å². The molecule has 80 valence electrons. The molecule has 1 saturated carbocycles. The normalized spacial score (nSPS) is 15.1. The van der Waals surface area contributed by atoms with Crippen molar-refractivity contribution in [3.63, 3.8) is 0 Å². The van der Waals surface area contributed by atoms with E-state index in [1.54, 1.807) is 0 Å². The number of aryl methyl sites for hydroxylation is 2. The van der Waals surface area contributed by atoms with Crippen LogP contribution in [0.4, 0.5) is 5.69 Å². The zero-order chi connectivity index (χ0) is 11.0. The van der Waals surface area contributed by atoms with E-state index in [-0.39, 0.29) is 0 Å². The lowest BCUT2D eigenvalue weighted by molar-refractivity contribution is 1.06. The van der Waals surface area contributed by atoms with Crippen molar-refractivity contribution in [1.82, 2.24) is 0 Å². The van der Waals surface area contributed by atoms with Crippen molar-refractivity contribution in [3.8, 4) is 0 Å². The molecule has 0 bridgehead atoms. The fourth-order valence-corrected chi connectivity index (χ4v) is 1.91. The topological polar surface area (TPSA) is 27.1 Å². The highest BCUT2D eigenvalue weighted by atomic mass is 15.1. The summed E-state index contributed by atoms with van der Waals surface area (Å²) in [5, 5.41) is 8.02. The molecule has 1 aliphatic rings. The van der Waals surface area contributed by atoms with Gasteiger partial charge in [0, 0.05) is 18.7 Å². The Kier molecular flexibility index (Phi) is 2.51. The highest BCUT2D eigenvalue weighted by Gasteiger charge is 2.29.